The van der Waals surface area contributed by atoms with E-state index in [1.165, 1.54) is 6.07 Å². The lowest BCUT2D eigenvalue weighted by atomic mass is 10.2. The maximum atomic E-state index is 10.9. The van der Waals surface area contributed by atoms with E-state index in [4.69, 9.17) is 5.73 Å². The minimum Gasteiger partial charge on any atom is -0.370 e. The molecule has 2 aromatic carbocycles. The molecule has 0 fully saturated rings. The molecule has 0 aromatic heterocycles. The third-order valence-electron chi connectivity index (χ3n) is 2.93. The topological polar surface area (TPSA) is 93.5 Å². The Morgan fingerprint density at radius 1 is 1.24 bits per heavy atom. The lowest BCUT2D eigenvalue weighted by Crippen LogP contribution is -2.22. The third kappa shape index (κ3) is 4.04. The van der Waals surface area contributed by atoms with E-state index in [-0.39, 0.29) is 18.2 Å². The van der Waals surface area contributed by atoms with Crippen molar-refractivity contribution in [2.45, 2.75) is 13.5 Å². The Hall–Kier alpha value is -2.89. The summed E-state index contributed by atoms with van der Waals surface area (Å²) in [7, 11) is 0. The number of guanidine groups is 1. The predicted octanol–water partition coefficient (Wildman–Crippen LogP) is 2.83. The van der Waals surface area contributed by atoms with E-state index < -0.39 is 4.92 Å². The number of nitro groups is 1. The van der Waals surface area contributed by atoms with Crippen LogP contribution in [-0.2, 0) is 6.54 Å². The van der Waals surface area contributed by atoms with Gasteiger partial charge in [0, 0.05) is 11.8 Å². The number of para-hydroxylation sites is 1. The Morgan fingerprint density at radius 2 is 1.90 bits per heavy atom. The molecule has 0 atom stereocenters. The predicted molar refractivity (Wildman–Crippen MR) is 83.2 cm³/mol. The standard InChI is InChI=1S/C15H16N4O2/c1-11-6-8-13(9-7-11)18-15(16)17-10-12-4-2-3-5-14(12)19(20)21/h2-9H,10H2,1H3,(H3,16,17,18). The second-order valence-corrected chi connectivity index (χ2v) is 4.58. The highest BCUT2D eigenvalue weighted by atomic mass is 16.6. The van der Waals surface area contributed by atoms with Crippen molar-refractivity contribution in [2.75, 3.05) is 5.32 Å². The van der Waals surface area contributed by atoms with Gasteiger partial charge in [0.1, 0.15) is 0 Å². The van der Waals surface area contributed by atoms with Crippen molar-refractivity contribution in [3.05, 3.63) is 69.8 Å². The van der Waals surface area contributed by atoms with E-state index in [1.54, 1.807) is 18.2 Å². The summed E-state index contributed by atoms with van der Waals surface area (Å²) in [6.07, 6.45) is 0. The largest absolute Gasteiger partial charge is 0.370 e. The zero-order chi connectivity index (χ0) is 15.2. The molecule has 0 aliphatic carbocycles. The van der Waals surface area contributed by atoms with Crippen LogP contribution in [0.1, 0.15) is 11.1 Å². The van der Waals surface area contributed by atoms with Crippen LogP contribution < -0.4 is 11.1 Å². The zero-order valence-corrected chi connectivity index (χ0v) is 11.6. The molecule has 2 aromatic rings. The van der Waals surface area contributed by atoms with E-state index in [0.717, 1.165) is 11.3 Å². The van der Waals surface area contributed by atoms with Gasteiger partial charge in [0.15, 0.2) is 5.96 Å². The minimum absolute atomic E-state index is 0.0457. The van der Waals surface area contributed by atoms with E-state index in [1.807, 2.05) is 31.2 Å². The van der Waals surface area contributed by atoms with Crippen molar-refractivity contribution in [1.82, 2.24) is 0 Å². The summed E-state index contributed by atoms with van der Waals surface area (Å²) in [6.45, 7) is 2.15. The Bertz CT molecular complexity index is 666. The van der Waals surface area contributed by atoms with Gasteiger partial charge in [-0.2, -0.15) is 0 Å². The van der Waals surface area contributed by atoms with Gasteiger partial charge in [-0.05, 0) is 19.1 Å². The molecule has 0 heterocycles. The molecule has 0 bridgehead atoms. The number of nitrogens with two attached hydrogens (primary N) is 1. The molecule has 21 heavy (non-hydrogen) atoms. The summed E-state index contributed by atoms with van der Waals surface area (Å²) < 4.78 is 0. The highest BCUT2D eigenvalue weighted by Crippen LogP contribution is 2.18. The third-order valence-corrected chi connectivity index (χ3v) is 2.93. The van der Waals surface area contributed by atoms with Crippen LogP contribution in [0.15, 0.2) is 53.5 Å². The first-order valence-corrected chi connectivity index (χ1v) is 6.42. The van der Waals surface area contributed by atoms with Crippen LogP contribution in [0.25, 0.3) is 0 Å². The van der Waals surface area contributed by atoms with Crippen molar-refractivity contribution >= 4 is 17.3 Å². The molecule has 108 valence electrons. The van der Waals surface area contributed by atoms with Gasteiger partial charge in [-0.1, -0.05) is 35.9 Å². The smallest absolute Gasteiger partial charge is 0.274 e. The van der Waals surface area contributed by atoms with Crippen molar-refractivity contribution in [3.8, 4) is 0 Å². The van der Waals surface area contributed by atoms with E-state index >= 15 is 0 Å². The number of anilines is 1. The number of hydrogen-bond acceptors (Lipinski definition) is 3. The average Bonchev–Trinajstić information content (AvgIpc) is 2.48. The van der Waals surface area contributed by atoms with Gasteiger partial charge in [-0.25, -0.2) is 4.99 Å². The molecule has 0 aliphatic heterocycles. The lowest BCUT2D eigenvalue weighted by molar-refractivity contribution is -0.385. The molecule has 0 aliphatic rings. The van der Waals surface area contributed by atoms with Crippen LogP contribution in [0, 0.1) is 17.0 Å². The summed E-state index contributed by atoms with van der Waals surface area (Å²) >= 11 is 0. The molecule has 0 spiro atoms. The Morgan fingerprint density at radius 3 is 2.57 bits per heavy atom. The van der Waals surface area contributed by atoms with Gasteiger partial charge in [0.2, 0.25) is 0 Å². The van der Waals surface area contributed by atoms with Crippen molar-refractivity contribution in [1.29, 1.82) is 0 Å². The van der Waals surface area contributed by atoms with Gasteiger partial charge in [0.05, 0.1) is 17.0 Å². The Labute approximate surface area is 122 Å². The van der Waals surface area contributed by atoms with Gasteiger partial charge in [0.25, 0.3) is 5.69 Å². The van der Waals surface area contributed by atoms with Gasteiger partial charge in [-0.3, -0.25) is 10.1 Å². The van der Waals surface area contributed by atoms with Crippen molar-refractivity contribution in [2.24, 2.45) is 10.7 Å². The fraction of sp³-hybridized carbons (Fsp3) is 0.133. The van der Waals surface area contributed by atoms with Crippen molar-refractivity contribution in [3.63, 3.8) is 0 Å². The molecule has 3 N–H and O–H groups in total. The van der Waals surface area contributed by atoms with Crippen LogP contribution in [0.2, 0.25) is 0 Å². The highest BCUT2D eigenvalue weighted by Gasteiger charge is 2.11. The highest BCUT2D eigenvalue weighted by molar-refractivity contribution is 5.92. The summed E-state index contributed by atoms with van der Waals surface area (Å²) in [5, 5.41) is 13.8. The SMILES string of the molecule is Cc1ccc(NC(N)=NCc2ccccc2[N+](=O)[O-])cc1. The second-order valence-electron chi connectivity index (χ2n) is 4.58. The van der Waals surface area contributed by atoms with Gasteiger partial charge in [-0.15, -0.1) is 0 Å². The summed E-state index contributed by atoms with van der Waals surface area (Å²) in [6, 6.07) is 14.2. The molecule has 0 amide bonds. The first kappa shape index (κ1) is 14.5. The zero-order valence-electron chi connectivity index (χ0n) is 11.6. The van der Waals surface area contributed by atoms with Crippen LogP contribution >= 0.6 is 0 Å². The number of rotatable bonds is 4. The second kappa shape index (κ2) is 6.51. The van der Waals surface area contributed by atoms with Crippen LogP contribution in [0.3, 0.4) is 0 Å². The quantitative estimate of drug-likeness (QED) is 0.390. The van der Waals surface area contributed by atoms with Gasteiger partial charge >= 0.3 is 0 Å². The van der Waals surface area contributed by atoms with Crippen LogP contribution in [0.5, 0.6) is 0 Å². The molecule has 0 saturated heterocycles. The molecule has 0 unspecified atom stereocenters. The van der Waals surface area contributed by atoms with E-state index in [2.05, 4.69) is 10.3 Å². The summed E-state index contributed by atoms with van der Waals surface area (Å²) in [5.74, 6) is 0.219. The fourth-order valence-electron chi connectivity index (χ4n) is 1.82. The fourth-order valence-corrected chi connectivity index (χ4v) is 1.82. The molecule has 6 nitrogen and oxygen atoms in total. The number of nitrogens with zero attached hydrogens (tertiary/aromatic N) is 2. The first-order valence-electron chi connectivity index (χ1n) is 6.42. The Kier molecular flexibility index (Phi) is 4.50. The number of aryl methyl sites for hydroxylation is 1. The summed E-state index contributed by atoms with van der Waals surface area (Å²) in [4.78, 5) is 14.6. The normalized spacial score (nSPS) is 11.2. The number of hydrogen-bond donors (Lipinski definition) is 2. The van der Waals surface area contributed by atoms with Crippen LogP contribution in [0.4, 0.5) is 11.4 Å². The molecule has 2 rings (SSSR count). The summed E-state index contributed by atoms with van der Waals surface area (Å²) in [5.41, 5.74) is 8.33. The molecule has 0 radical (unpaired) electrons. The van der Waals surface area contributed by atoms with Gasteiger partial charge < -0.3 is 11.1 Å². The van der Waals surface area contributed by atoms with Crippen molar-refractivity contribution < 1.29 is 4.92 Å². The first-order chi connectivity index (χ1) is 10.1. The monoisotopic (exact) mass is 284 g/mol. The van der Waals surface area contributed by atoms with E-state index in [9.17, 15) is 10.1 Å². The molecule has 0 saturated carbocycles. The number of aliphatic imine (C=N–C) groups is 1. The molecular formula is C15H16N4O2. The molecule has 6 heteroatoms. The maximum absolute atomic E-state index is 10.9. The minimum atomic E-state index is -0.422. The number of nitrogens with one attached hydrogen (secondary N) is 1. The average molecular weight is 284 g/mol. The maximum Gasteiger partial charge on any atom is 0.274 e. The number of benzene rings is 2. The van der Waals surface area contributed by atoms with Crippen LogP contribution in [-0.4, -0.2) is 10.9 Å². The molecular weight excluding hydrogens is 268 g/mol. The lowest BCUT2D eigenvalue weighted by Gasteiger charge is -2.06. The Balaban J connectivity index is 2.07. The van der Waals surface area contributed by atoms with E-state index in [0.29, 0.717) is 5.56 Å². The number of nitro benzene ring substituents is 1.